The maximum absolute atomic E-state index is 13.8. The molecule has 2 unspecified atom stereocenters. The van der Waals surface area contributed by atoms with E-state index < -0.39 is 11.9 Å². The summed E-state index contributed by atoms with van der Waals surface area (Å²) in [6.07, 6.45) is -0.224. The third kappa shape index (κ3) is 2.63. The zero-order chi connectivity index (χ0) is 13.4. The van der Waals surface area contributed by atoms with Gasteiger partial charge in [-0.05, 0) is 11.6 Å². The van der Waals surface area contributed by atoms with Crippen molar-refractivity contribution < 1.29 is 9.50 Å². The first-order chi connectivity index (χ1) is 9.15. The summed E-state index contributed by atoms with van der Waals surface area (Å²) in [5.41, 5.74) is 0.498. The third-order valence-corrected chi connectivity index (χ3v) is 4.52. The lowest BCUT2D eigenvalue weighted by molar-refractivity contribution is -0.0455. The normalized spacial score (nSPS) is 31.4. The zero-order valence-corrected chi connectivity index (χ0v) is 11.5. The Morgan fingerprint density at radius 3 is 2.68 bits per heavy atom. The molecule has 0 radical (unpaired) electrons. The predicted octanol–water partition coefficient (Wildman–Crippen LogP) is 1.38. The summed E-state index contributed by atoms with van der Waals surface area (Å²) < 4.78 is 13.8. The van der Waals surface area contributed by atoms with Crippen molar-refractivity contribution in [3.63, 3.8) is 0 Å². The molecule has 2 atom stereocenters. The molecule has 2 bridgehead atoms. The molecule has 3 aliphatic rings. The maximum atomic E-state index is 13.8. The lowest BCUT2D eigenvalue weighted by atomic mass is 9.96. The Morgan fingerprint density at radius 2 is 2.05 bits per heavy atom. The van der Waals surface area contributed by atoms with Gasteiger partial charge in [0.05, 0.1) is 11.1 Å². The highest BCUT2D eigenvalue weighted by molar-refractivity contribution is 6.30. The summed E-state index contributed by atoms with van der Waals surface area (Å²) in [6.45, 7) is 5.03. The average Bonchev–Trinajstić information content (AvgIpc) is 2.45. The molecule has 4 rings (SSSR count). The van der Waals surface area contributed by atoms with Gasteiger partial charge in [-0.1, -0.05) is 23.7 Å². The standard InChI is InChI=1S/C14H18ClFN2O/c15-11-3-1-2-10(14(11)16)8-13(19)12-9-17-4-6-18(12)7-5-17/h1-3,12-13,19H,4-9H2. The summed E-state index contributed by atoms with van der Waals surface area (Å²) in [4.78, 5) is 4.68. The summed E-state index contributed by atoms with van der Waals surface area (Å²) >= 11 is 5.77. The number of benzene rings is 1. The van der Waals surface area contributed by atoms with E-state index in [0.717, 1.165) is 32.7 Å². The first-order valence-corrected chi connectivity index (χ1v) is 7.10. The Bertz CT molecular complexity index is 463. The van der Waals surface area contributed by atoms with Crippen LogP contribution in [0.2, 0.25) is 5.02 Å². The number of hydrogen-bond acceptors (Lipinski definition) is 3. The molecule has 3 heterocycles. The summed E-state index contributed by atoms with van der Waals surface area (Å²) in [5.74, 6) is -0.403. The van der Waals surface area contributed by atoms with Crippen molar-refractivity contribution in [2.75, 3.05) is 32.7 Å². The van der Waals surface area contributed by atoms with Crippen LogP contribution in [0.3, 0.4) is 0 Å². The van der Waals surface area contributed by atoms with E-state index in [1.807, 2.05) is 0 Å². The Balaban J connectivity index is 1.71. The molecule has 1 aromatic rings. The van der Waals surface area contributed by atoms with Gasteiger partial charge in [-0.25, -0.2) is 4.39 Å². The third-order valence-electron chi connectivity index (χ3n) is 4.23. The second-order valence-electron chi connectivity index (χ2n) is 5.39. The molecule has 3 saturated heterocycles. The van der Waals surface area contributed by atoms with Crippen molar-refractivity contribution in [3.8, 4) is 0 Å². The Labute approximate surface area is 117 Å². The second-order valence-corrected chi connectivity index (χ2v) is 5.80. The molecule has 104 valence electrons. The highest BCUT2D eigenvalue weighted by Crippen LogP contribution is 2.23. The minimum atomic E-state index is -0.545. The highest BCUT2D eigenvalue weighted by Gasteiger charge is 2.36. The van der Waals surface area contributed by atoms with Gasteiger partial charge in [0.2, 0.25) is 0 Å². The number of fused-ring (bicyclic) bond motifs is 3. The van der Waals surface area contributed by atoms with E-state index in [2.05, 4.69) is 9.80 Å². The number of rotatable bonds is 3. The quantitative estimate of drug-likeness (QED) is 0.909. The van der Waals surface area contributed by atoms with E-state index in [4.69, 9.17) is 11.6 Å². The van der Waals surface area contributed by atoms with Gasteiger partial charge in [0, 0.05) is 45.2 Å². The number of aliphatic hydroxyl groups is 1. The second kappa shape index (κ2) is 5.37. The molecule has 5 heteroatoms. The van der Waals surface area contributed by atoms with E-state index >= 15 is 0 Å². The van der Waals surface area contributed by atoms with Gasteiger partial charge in [-0.15, -0.1) is 0 Å². The zero-order valence-electron chi connectivity index (χ0n) is 10.7. The van der Waals surface area contributed by atoms with Crippen LogP contribution in [0.25, 0.3) is 0 Å². The monoisotopic (exact) mass is 284 g/mol. The van der Waals surface area contributed by atoms with Crippen molar-refractivity contribution in [3.05, 3.63) is 34.6 Å². The molecule has 0 aliphatic carbocycles. The van der Waals surface area contributed by atoms with E-state index in [1.54, 1.807) is 12.1 Å². The first-order valence-electron chi connectivity index (χ1n) is 6.72. The molecule has 0 aromatic heterocycles. The van der Waals surface area contributed by atoms with E-state index in [9.17, 15) is 9.50 Å². The fourth-order valence-corrected chi connectivity index (χ4v) is 3.28. The van der Waals surface area contributed by atoms with Crippen molar-refractivity contribution in [2.45, 2.75) is 18.6 Å². The van der Waals surface area contributed by atoms with Gasteiger partial charge in [0.1, 0.15) is 5.82 Å². The van der Waals surface area contributed by atoms with Gasteiger partial charge < -0.3 is 5.11 Å². The van der Waals surface area contributed by atoms with Crippen LogP contribution in [0.15, 0.2) is 18.2 Å². The number of piperazine rings is 3. The van der Waals surface area contributed by atoms with Gasteiger partial charge in [-0.2, -0.15) is 0 Å². The topological polar surface area (TPSA) is 26.7 Å². The molecule has 3 fully saturated rings. The Kier molecular flexibility index (Phi) is 3.76. The Hall–Kier alpha value is -0.680. The van der Waals surface area contributed by atoms with Crippen LogP contribution in [-0.4, -0.2) is 59.8 Å². The van der Waals surface area contributed by atoms with Crippen molar-refractivity contribution in [2.24, 2.45) is 0 Å². The van der Waals surface area contributed by atoms with Crippen LogP contribution < -0.4 is 0 Å². The first kappa shape index (κ1) is 13.3. The summed E-state index contributed by atoms with van der Waals surface area (Å²) in [5, 5.41) is 10.5. The van der Waals surface area contributed by atoms with Crippen molar-refractivity contribution in [1.29, 1.82) is 0 Å². The van der Waals surface area contributed by atoms with E-state index in [1.165, 1.54) is 6.07 Å². The van der Waals surface area contributed by atoms with E-state index in [0.29, 0.717) is 12.0 Å². The predicted molar refractivity (Wildman–Crippen MR) is 72.9 cm³/mol. The lowest BCUT2D eigenvalue weighted by Crippen LogP contribution is -2.64. The Morgan fingerprint density at radius 1 is 1.32 bits per heavy atom. The van der Waals surface area contributed by atoms with Gasteiger partial charge in [0.25, 0.3) is 0 Å². The number of hydrogen-bond donors (Lipinski definition) is 1. The van der Waals surface area contributed by atoms with Crippen LogP contribution >= 0.6 is 11.6 Å². The number of aliphatic hydroxyl groups excluding tert-OH is 1. The SMILES string of the molecule is OC(Cc1cccc(Cl)c1F)C1CN2CCN1CC2. The fourth-order valence-electron chi connectivity index (χ4n) is 3.09. The van der Waals surface area contributed by atoms with Gasteiger partial charge in [-0.3, -0.25) is 9.80 Å². The molecule has 1 aromatic carbocycles. The van der Waals surface area contributed by atoms with Crippen molar-refractivity contribution >= 4 is 11.6 Å². The number of nitrogens with zero attached hydrogens (tertiary/aromatic N) is 2. The average molecular weight is 285 g/mol. The molecule has 0 spiro atoms. The van der Waals surface area contributed by atoms with Gasteiger partial charge >= 0.3 is 0 Å². The molecule has 3 nitrogen and oxygen atoms in total. The molecular formula is C14H18ClFN2O. The minimum Gasteiger partial charge on any atom is -0.391 e. The molecule has 0 amide bonds. The summed E-state index contributed by atoms with van der Waals surface area (Å²) in [6, 6.07) is 5.07. The smallest absolute Gasteiger partial charge is 0.145 e. The highest BCUT2D eigenvalue weighted by atomic mass is 35.5. The van der Waals surface area contributed by atoms with Crippen LogP contribution in [0.5, 0.6) is 0 Å². The van der Waals surface area contributed by atoms with Crippen LogP contribution in [0, 0.1) is 5.82 Å². The molecule has 19 heavy (non-hydrogen) atoms. The minimum absolute atomic E-state index is 0.112. The van der Waals surface area contributed by atoms with Gasteiger partial charge in [0.15, 0.2) is 0 Å². The molecule has 0 saturated carbocycles. The number of halogens is 2. The van der Waals surface area contributed by atoms with Crippen LogP contribution in [-0.2, 0) is 6.42 Å². The summed E-state index contributed by atoms with van der Waals surface area (Å²) in [7, 11) is 0. The van der Waals surface area contributed by atoms with E-state index in [-0.39, 0.29) is 11.1 Å². The molecule has 3 aliphatic heterocycles. The van der Waals surface area contributed by atoms with Crippen LogP contribution in [0.1, 0.15) is 5.56 Å². The largest absolute Gasteiger partial charge is 0.391 e. The van der Waals surface area contributed by atoms with Crippen LogP contribution in [0.4, 0.5) is 4.39 Å². The fraction of sp³-hybridized carbons (Fsp3) is 0.571. The lowest BCUT2D eigenvalue weighted by Gasteiger charge is -2.49. The molecular weight excluding hydrogens is 267 g/mol. The van der Waals surface area contributed by atoms with Crippen molar-refractivity contribution in [1.82, 2.24) is 9.80 Å². The molecule has 1 N–H and O–H groups in total. The maximum Gasteiger partial charge on any atom is 0.145 e.